The largest absolute Gasteiger partial charge is 0.448 e. The van der Waals surface area contributed by atoms with Crippen molar-refractivity contribution >= 4 is 12.0 Å². The molecule has 0 N–H and O–H groups in total. The molecular weight excluding hydrogens is 298 g/mol. The standard InChI is InChI=1S/C16H21N3O4/c20-15(12-18-7-9-23-16(18)21)19(11-14-2-1-8-22-14)10-13-3-5-17-6-4-13/h3-6,14H,1-2,7-12H2. The summed E-state index contributed by atoms with van der Waals surface area (Å²) in [5, 5.41) is 0. The van der Waals surface area contributed by atoms with Gasteiger partial charge in [-0.3, -0.25) is 14.7 Å². The smallest absolute Gasteiger partial charge is 0.410 e. The van der Waals surface area contributed by atoms with Crippen LogP contribution in [0.15, 0.2) is 24.5 Å². The minimum Gasteiger partial charge on any atom is -0.448 e. The van der Waals surface area contributed by atoms with Gasteiger partial charge in [0.2, 0.25) is 5.91 Å². The minimum atomic E-state index is -0.417. The van der Waals surface area contributed by atoms with Crippen LogP contribution in [0.3, 0.4) is 0 Å². The van der Waals surface area contributed by atoms with Crippen LogP contribution < -0.4 is 0 Å². The van der Waals surface area contributed by atoms with Crippen LogP contribution in [-0.2, 0) is 20.8 Å². The summed E-state index contributed by atoms with van der Waals surface area (Å²) in [6.45, 7) is 2.65. The molecule has 1 aromatic heterocycles. The molecule has 0 spiro atoms. The van der Waals surface area contributed by atoms with Crippen LogP contribution in [-0.4, -0.2) is 65.7 Å². The van der Waals surface area contributed by atoms with Gasteiger partial charge in [-0.15, -0.1) is 0 Å². The average molecular weight is 319 g/mol. The van der Waals surface area contributed by atoms with Crippen LogP contribution in [0.4, 0.5) is 4.79 Å². The molecule has 0 aliphatic carbocycles. The van der Waals surface area contributed by atoms with E-state index in [1.165, 1.54) is 4.90 Å². The Balaban J connectivity index is 1.65. The summed E-state index contributed by atoms with van der Waals surface area (Å²) in [5.41, 5.74) is 1.01. The van der Waals surface area contributed by atoms with Crippen molar-refractivity contribution in [3.8, 4) is 0 Å². The first-order valence-corrected chi connectivity index (χ1v) is 7.92. The first kappa shape index (κ1) is 15.7. The third-order valence-electron chi connectivity index (χ3n) is 4.09. The molecule has 0 radical (unpaired) electrons. The first-order chi connectivity index (χ1) is 11.2. The molecule has 0 saturated carbocycles. The Labute approximate surface area is 135 Å². The van der Waals surface area contributed by atoms with Crippen LogP contribution in [0.25, 0.3) is 0 Å². The fourth-order valence-corrected chi connectivity index (χ4v) is 2.83. The van der Waals surface area contributed by atoms with E-state index in [1.807, 2.05) is 12.1 Å². The van der Waals surface area contributed by atoms with Crippen molar-refractivity contribution in [1.29, 1.82) is 0 Å². The third kappa shape index (κ3) is 4.19. The molecule has 0 bridgehead atoms. The number of cyclic esters (lactones) is 1. The Morgan fingerprint density at radius 2 is 2.17 bits per heavy atom. The van der Waals surface area contributed by atoms with Crippen molar-refractivity contribution in [1.82, 2.24) is 14.8 Å². The lowest BCUT2D eigenvalue weighted by atomic mass is 10.2. The highest BCUT2D eigenvalue weighted by molar-refractivity contribution is 5.83. The highest BCUT2D eigenvalue weighted by atomic mass is 16.6. The van der Waals surface area contributed by atoms with Crippen LogP contribution in [0.5, 0.6) is 0 Å². The second kappa shape index (κ2) is 7.41. The summed E-state index contributed by atoms with van der Waals surface area (Å²) in [4.78, 5) is 31.4. The highest BCUT2D eigenvalue weighted by Gasteiger charge is 2.28. The van der Waals surface area contributed by atoms with E-state index in [2.05, 4.69) is 4.98 Å². The van der Waals surface area contributed by atoms with Crippen molar-refractivity contribution < 1.29 is 19.1 Å². The van der Waals surface area contributed by atoms with Gasteiger partial charge in [0.05, 0.1) is 12.6 Å². The summed E-state index contributed by atoms with van der Waals surface area (Å²) in [7, 11) is 0. The lowest BCUT2D eigenvalue weighted by Crippen LogP contribution is -2.43. The molecule has 2 aliphatic heterocycles. The van der Waals surface area contributed by atoms with E-state index in [0.717, 1.165) is 25.0 Å². The maximum absolute atomic E-state index is 12.6. The molecule has 2 saturated heterocycles. The average Bonchev–Trinajstić information content (AvgIpc) is 3.20. The summed E-state index contributed by atoms with van der Waals surface area (Å²) in [5.74, 6) is -0.0869. The Bertz CT molecular complexity index is 546. The molecule has 0 aromatic carbocycles. The monoisotopic (exact) mass is 319 g/mol. The van der Waals surface area contributed by atoms with Gasteiger partial charge < -0.3 is 14.4 Å². The van der Waals surface area contributed by atoms with Crippen LogP contribution in [0.1, 0.15) is 18.4 Å². The number of carbonyl (C=O) groups is 2. The van der Waals surface area contributed by atoms with E-state index in [0.29, 0.717) is 26.2 Å². The predicted molar refractivity (Wildman–Crippen MR) is 81.5 cm³/mol. The number of rotatable bonds is 6. The SMILES string of the molecule is O=C(CN1CCOC1=O)N(Cc1ccncc1)CC1CCCO1. The molecule has 2 fully saturated rings. The number of amides is 2. The normalized spacial score (nSPS) is 20.6. The Kier molecular flexibility index (Phi) is 5.07. The van der Waals surface area contributed by atoms with Gasteiger partial charge in [-0.2, -0.15) is 0 Å². The van der Waals surface area contributed by atoms with Gasteiger partial charge in [0.25, 0.3) is 0 Å². The van der Waals surface area contributed by atoms with Gasteiger partial charge in [0.15, 0.2) is 0 Å². The summed E-state index contributed by atoms with van der Waals surface area (Å²) < 4.78 is 10.5. The van der Waals surface area contributed by atoms with Gasteiger partial charge >= 0.3 is 6.09 Å². The molecule has 23 heavy (non-hydrogen) atoms. The Morgan fingerprint density at radius 1 is 1.35 bits per heavy atom. The summed E-state index contributed by atoms with van der Waals surface area (Å²) >= 11 is 0. The van der Waals surface area contributed by atoms with Crippen molar-refractivity contribution in [2.45, 2.75) is 25.5 Å². The fraction of sp³-hybridized carbons (Fsp3) is 0.562. The number of pyridine rings is 1. The third-order valence-corrected chi connectivity index (χ3v) is 4.09. The van der Waals surface area contributed by atoms with Crippen molar-refractivity contribution in [2.24, 2.45) is 0 Å². The zero-order chi connectivity index (χ0) is 16.1. The van der Waals surface area contributed by atoms with Crippen molar-refractivity contribution in [3.05, 3.63) is 30.1 Å². The molecule has 7 heteroatoms. The van der Waals surface area contributed by atoms with E-state index in [1.54, 1.807) is 17.3 Å². The van der Waals surface area contributed by atoms with Crippen molar-refractivity contribution in [2.75, 3.05) is 32.8 Å². The quantitative estimate of drug-likeness (QED) is 0.783. The zero-order valence-corrected chi connectivity index (χ0v) is 13.0. The second-order valence-electron chi connectivity index (χ2n) is 5.80. The molecule has 3 rings (SSSR count). The lowest BCUT2D eigenvalue weighted by molar-refractivity contribution is -0.134. The number of hydrogen-bond donors (Lipinski definition) is 0. The van der Waals surface area contributed by atoms with Crippen LogP contribution in [0.2, 0.25) is 0 Å². The van der Waals surface area contributed by atoms with E-state index in [4.69, 9.17) is 9.47 Å². The molecule has 124 valence electrons. The number of carbonyl (C=O) groups excluding carboxylic acids is 2. The predicted octanol–water partition coefficient (Wildman–Crippen LogP) is 1.04. The topological polar surface area (TPSA) is 72.0 Å². The van der Waals surface area contributed by atoms with Crippen LogP contribution in [0, 0.1) is 0 Å². The van der Waals surface area contributed by atoms with Gasteiger partial charge in [-0.05, 0) is 30.5 Å². The maximum Gasteiger partial charge on any atom is 0.410 e. The van der Waals surface area contributed by atoms with E-state index >= 15 is 0 Å². The van der Waals surface area contributed by atoms with Gasteiger partial charge in [-0.25, -0.2) is 4.79 Å². The maximum atomic E-state index is 12.6. The van der Waals surface area contributed by atoms with E-state index in [-0.39, 0.29) is 18.6 Å². The molecule has 1 atom stereocenters. The zero-order valence-electron chi connectivity index (χ0n) is 13.0. The number of aromatic nitrogens is 1. The van der Waals surface area contributed by atoms with Gasteiger partial charge in [-0.1, -0.05) is 0 Å². The molecule has 1 aromatic rings. The van der Waals surface area contributed by atoms with Gasteiger partial charge in [0.1, 0.15) is 13.2 Å². The second-order valence-corrected chi connectivity index (χ2v) is 5.80. The van der Waals surface area contributed by atoms with Crippen LogP contribution >= 0.6 is 0 Å². The molecule has 3 heterocycles. The van der Waals surface area contributed by atoms with Crippen molar-refractivity contribution in [3.63, 3.8) is 0 Å². The molecule has 1 unspecified atom stereocenters. The lowest BCUT2D eigenvalue weighted by Gasteiger charge is -2.27. The fourth-order valence-electron chi connectivity index (χ4n) is 2.83. The van der Waals surface area contributed by atoms with E-state index < -0.39 is 6.09 Å². The van der Waals surface area contributed by atoms with E-state index in [9.17, 15) is 9.59 Å². The Morgan fingerprint density at radius 3 is 2.83 bits per heavy atom. The minimum absolute atomic E-state index is 0.0522. The molecular formula is C16H21N3O4. The number of hydrogen-bond acceptors (Lipinski definition) is 5. The summed E-state index contributed by atoms with van der Waals surface area (Å²) in [6, 6.07) is 3.78. The summed E-state index contributed by atoms with van der Waals surface area (Å²) in [6.07, 6.45) is 5.07. The molecule has 2 aliphatic rings. The number of ether oxygens (including phenoxy) is 2. The molecule has 2 amide bonds. The number of nitrogens with zero attached hydrogens (tertiary/aromatic N) is 3. The Hall–Kier alpha value is -2.15. The first-order valence-electron chi connectivity index (χ1n) is 7.92. The highest BCUT2D eigenvalue weighted by Crippen LogP contribution is 2.16. The van der Waals surface area contributed by atoms with Gasteiger partial charge in [0, 0.05) is 32.1 Å². The molecule has 7 nitrogen and oxygen atoms in total.